The van der Waals surface area contributed by atoms with Crippen LogP contribution >= 0.6 is 0 Å². The van der Waals surface area contributed by atoms with Crippen LogP contribution in [-0.2, 0) is 21.2 Å². The molecular formula is C20H26N2O3S. The normalized spacial score (nSPS) is 11.4. The first kappa shape index (κ1) is 20.1. The lowest BCUT2D eigenvalue weighted by atomic mass is 10.1. The summed E-state index contributed by atoms with van der Waals surface area (Å²) in [6.07, 6.45) is 0.858. The lowest BCUT2D eigenvalue weighted by Crippen LogP contribution is -2.38. The summed E-state index contributed by atoms with van der Waals surface area (Å²) in [6.45, 7) is 7.81. The van der Waals surface area contributed by atoms with E-state index in [0.717, 1.165) is 28.8 Å². The third kappa shape index (κ3) is 4.71. The lowest BCUT2D eigenvalue weighted by Gasteiger charge is -2.25. The second kappa shape index (κ2) is 8.47. The largest absolute Gasteiger partial charge is 0.311 e. The number of carbonyl (C=O) groups excluding carboxylic acids is 1. The van der Waals surface area contributed by atoms with Gasteiger partial charge in [-0.3, -0.25) is 4.79 Å². The molecule has 0 saturated carbocycles. The van der Waals surface area contributed by atoms with Crippen molar-refractivity contribution in [2.45, 2.75) is 39.0 Å². The Kier molecular flexibility index (Phi) is 6.56. The first-order valence-corrected chi connectivity index (χ1v) is 10.2. The van der Waals surface area contributed by atoms with Crippen LogP contribution in [0.15, 0.2) is 47.4 Å². The fraction of sp³-hybridized carbons (Fsp3) is 0.350. The lowest BCUT2D eigenvalue weighted by molar-refractivity contribution is -0.116. The molecule has 0 spiro atoms. The van der Waals surface area contributed by atoms with Gasteiger partial charge in [-0.15, -0.1) is 0 Å². The highest BCUT2D eigenvalue weighted by molar-refractivity contribution is 7.89. The first-order chi connectivity index (χ1) is 12.3. The molecule has 1 amide bonds. The maximum Gasteiger partial charge on any atom is 0.240 e. The molecule has 0 radical (unpaired) electrons. The fourth-order valence-corrected chi connectivity index (χ4v) is 3.96. The molecule has 2 aromatic rings. The summed E-state index contributed by atoms with van der Waals surface area (Å²) in [7, 11) is -3.60. The number of carbonyl (C=O) groups is 1. The van der Waals surface area contributed by atoms with Gasteiger partial charge >= 0.3 is 0 Å². The van der Waals surface area contributed by atoms with Gasteiger partial charge in [0.05, 0.1) is 4.90 Å². The molecule has 0 heterocycles. The van der Waals surface area contributed by atoms with Crippen LogP contribution in [0.25, 0.3) is 0 Å². The van der Waals surface area contributed by atoms with Crippen LogP contribution in [0.1, 0.15) is 30.5 Å². The van der Waals surface area contributed by atoms with E-state index in [1.807, 2.05) is 51.1 Å². The highest BCUT2D eigenvalue weighted by Crippen LogP contribution is 2.24. The molecule has 26 heavy (non-hydrogen) atoms. The van der Waals surface area contributed by atoms with Crippen molar-refractivity contribution in [1.29, 1.82) is 0 Å². The van der Waals surface area contributed by atoms with E-state index in [1.165, 1.54) is 6.92 Å². The standard InChI is InChI=1S/C20H26N2O3S/c1-5-18-9-11-19(12-10-18)26(24,25)21-13-14-22(17(4)23)20-15(2)7-6-8-16(20)3/h6-12,21H,5,13-14H2,1-4H3. The smallest absolute Gasteiger partial charge is 0.240 e. The summed E-state index contributed by atoms with van der Waals surface area (Å²) in [6, 6.07) is 12.7. The van der Waals surface area contributed by atoms with Crippen molar-refractivity contribution in [3.8, 4) is 0 Å². The van der Waals surface area contributed by atoms with Gasteiger partial charge in [-0.2, -0.15) is 0 Å². The minimum atomic E-state index is -3.60. The molecule has 140 valence electrons. The molecule has 0 unspecified atom stereocenters. The van der Waals surface area contributed by atoms with Crippen molar-refractivity contribution in [2.75, 3.05) is 18.0 Å². The van der Waals surface area contributed by atoms with Gasteiger partial charge in [0.2, 0.25) is 15.9 Å². The topological polar surface area (TPSA) is 66.5 Å². The van der Waals surface area contributed by atoms with Gasteiger partial charge in [0.1, 0.15) is 0 Å². The molecule has 1 N–H and O–H groups in total. The molecule has 0 fully saturated rings. The Hall–Kier alpha value is -2.18. The number of aryl methyl sites for hydroxylation is 3. The number of anilines is 1. The van der Waals surface area contributed by atoms with E-state index in [2.05, 4.69) is 4.72 Å². The average molecular weight is 375 g/mol. The molecule has 2 aromatic carbocycles. The van der Waals surface area contributed by atoms with Crippen molar-refractivity contribution < 1.29 is 13.2 Å². The molecule has 0 atom stereocenters. The van der Waals surface area contributed by atoms with Crippen LogP contribution in [0.5, 0.6) is 0 Å². The predicted molar refractivity (Wildman–Crippen MR) is 105 cm³/mol. The van der Waals surface area contributed by atoms with E-state index in [9.17, 15) is 13.2 Å². The SMILES string of the molecule is CCc1ccc(S(=O)(=O)NCCN(C(C)=O)c2c(C)cccc2C)cc1. The number of amides is 1. The highest BCUT2D eigenvalue weighted by atomic mass is 32.2. The third-order valence-electron chi connectivity index (χ3n) is 4.36. The van der Waals surface area contributed by atoms with E-state index >= 15 is 0 Å². The average Bonchev–Trinajstić information content (AvgIpc) is 2.60. The quantitative estimate of drug-likeness (QED) is 0.809. The fourth-order valence-electron chi connectivity index (χ4n) is 2.94. The minimum Gasteiger partial charge on any atom is -0.311 e. The molecule has 0 aromatic heterocycles. The Balaban J connectivity index is 2.11. The highest BCUT2D eigenvalue weighted by Gasteiger charge is 2.18. The van der Waals surface area contributed by atoms with Gasteiger partial charge in [0.25, 0.3) is 0 Å². The number of hydrogen-bond acceptors (Lipinski definition) is 3. The van der Waals surface area contributed by atoms with Gasteiger partial charge in [0.15, 0.2) is 0 Å². The van der Waals surface area contributed by atoms with E-state index in [0.29, 0.717) is 0 Å². The zero-order valence-corrected chi connectivity index (χ0v) is 16.6. The monoisotopic (exact) mass is 374 g/mol. The van der Waals surface area contributed by atoms with E-state index in [-0.39, 0.29) is 23.9 Å². The van der Waals surface area contributed by atoms with Crippen LogP contribution in [0, 0.1) is 13.8 Å². The van der Waals surface area contributed by atoms with Gasteiger partial charge in [-0.25, -0.2) is 13.1 Å². The Bertz CT molecular complexity index is 854. The number of sulfonamides is 1. The van der Waals surface area contributed by atoms with Crippen molar-refractivity contribution in [2.24, 2.45) is 0 Å². The number of nitrogens with zero attached hydrogens (tertiary/aromatic N) is 1. The Morgan fingerprint density at radius 3 is 2.12 bits per heavy atom. The maximum atomic E-state index is 12.4. The second-order valence-electron chi connectivity index (χ2n) is 6.31. The molecule has 6 heteroatoms. The van der Waals surface area contributed by atoms with Gasteiger partial charge < -0.3 is 4.90 Å². The number of para-hydroxylation sites is 1. The van der Waals surface area contributed by atoms with Crippen LogP contribution in [0.3, 0.4) is 0 Å². The molecule has 0 aliphatic carbocycles. The molecular weight excluding hydrogens is 348 g/mol. The summed E-state index contributed by atoms with van der Waals surface area (Å²) >= 11 is 0. The van der Waals surface area contributed by atoms with E-state index in [4.69, 9.17) is 0 Å². The molecule has 2 rings (SSSR count). The van der Waals surface area contributed by atoms with Crippen LogP contribution < -0.4 is 9.62 Å². The molecule has 5 nitrogen and oxygen atoms in total. The molecule has 0 aliphatic heterocycles. The summed E-state index contributed by atoms with van der Waals surface area (Å²) in [5.74, 6) is -0.117. The summed E-state index contributed by atoms with van der Waals surface area (Å²) in [4.78, 5) is 13.9. The Morgan fingerprint density at radius 1 is 1.04 bits per heavy atom. The second-order valence-corrected chi connectivity index (χ2v) is 8.07. The number of benzene rings is 2. The Morgan fingerprint density at radius 2 is 1.62 bits per heavy atom. The van der Waals surface area contributed by atoms with Gasteiger partial charge in [0, 0.05) is 25.7 Å². The Labute approximate surface area is 156 Å². The zero-order chi connectivity index (χ0) is 19.3. The van der Waals surface area contributed by atoms with Gasteiger partial charge in [-0.1, -0.05) is 37.3 Å². The van der Waals surface area contributed by atoms with Crippen molar-refractivity contribution in [3.05, 3.63) is 59.2 Å². The summed E-state index contributed by atoms with van der Waals surface area (Å²) in [5.41, 5.74) is 3.89. The molecule has 0 aliphatic rings. The number of hydrogen-bond donors (Lipinski definition) is 1. The first-order valence-electron chi connectivity index (χ1n) is 8.69. The summed E-state index contributed by atoms with van der Waals surface area (Å²) < 4.78 is 27.5. The minimum absolute atomic E-state index is 0.117. The third-order valence-corrected chi connectivity index (χ3v) is 5.84. The van der Waals surface area contributed by atoms with Crippen molar-refractivity contribution in [3.63, 3.8) is 0 Å². The maximum absolute atomic E-state index is 12.4. The van der Waals surface area contributed by atoms with E-state index in [1.54, 1.807) is 17.0 Å². The number of nitrogens with one attached hydrogen (secondary N) is 1. The summed E-state index contributed by atoms with van der Waals surface area (Å²) in [5, 5.41) is 0. The van der Waals surface area contributed by atoms with E-state index < -0.39 is 10.0 Å². The zero-order valence-electron chi connectivity index (χ0n) is 15.7. The predicted octanol–water partition coefficient (Wildman–Crippen LogP) is 3.20. The van der Waals surface area contributed by atoms with Crippen molar-refractivity contribution in [1.82, 2.24) is 4.72 Å². The van der Waals surface area contributed by atoms with Crippen LogP contribution in [0.2, 0.25) is 0 Å². The van der Waals surface area contributed by atoms with Crippen LogP contribution in [0.4, 0.5) is 5.69 Å². The molecule has 0 bridgehead atoms. The van der Waals surface area contributed by atoms with Crippen molar-refractivity contribution >= 4 is 21.6 Å². The van der Waals surface area contributed by atoms with Crippen LogP contribution in [-0.4, -0.2) is 27.4 Å². The van der Waals surface area contributed by atoms with Gasteiger partial charge in [-0.05, 0) is 49.1 Å². The molecule has 0 saturated heterocycles. The number of rotatable bonds is 7.